The van der Waals surface area contributed by atoms with Gasteiger partial charge in [0.2, 0.25) is 11.8 Å². The van der Waals surface area contributed by atoms with Gasteiger partial charge in [0.05, 0.1) is 10.9 Å². The predicted octanol–water partition coefficient (Wildman–Crippen LogP) is 3.14. The van der Waals surface area contributed by atoms with Gasteiger partial charge >= 0.3 is 0 Å². The fourth-order valence-electron chi connectivity index (χ4n) is 3.44. The van der Waals surface area contributed by atoms with Gasteiger partial charge in [0.15, 0.2) is 0 Å². The van der Waals surface area contributed by atoms with Crippen molar-refractivity contribution in [2.24, 2.45) is 0 Å². The number of anilines is 1. The molecule has 1 aromatic rings. The van der Waals surface area contributed by atoms with Gasteiger partial charge in [-0.2, -0.15) is 0 Å². The van der Waals surface area contributed by atoms with Gasteiger partial charge in [0.25, 0.3) is 0 Å². The van der Waals surface area contributed by atoms with E-state index in [0.717, 1.165) is 30.0 Å². The van der Waals surface area contributed by atoms with Crippen LogP contribution in [-0.4, -0.2) is 34.6 Å². The Labute approximate surface area is 147 Å². The van der Waals surface area contributed by atoms with Crippen LogP contribution in [0, 0.1) is 0 Å². The summed E-state index contributed by atoms with van der Waals surface area (Å²) in [7, 11) is 0. The number of amides is 2. The molecule has 1 atom stereocenters. The highest BCUT2D eigenvalue weighted by Gasteiger charge is 2.35. The second-order valence-electron chi connectivity index (χ2n) is 6.53. The average Bonchev–Trinajstić information content (AvgIpc) is 2.59. The normalized spacial score (nSPS) is 21.5. The van der Waals surface area contributed by atoms with Crippen molar-refractivity contribution in [2.75, 3.05) is 11.4 Å². The second kappa shape index (κ2) is 8.01. The van der Waals surface area contributed by atoms with E-state index in [0.29, 0.717) is 6.54 Å². The zero-order chi connectivity index (χ0) is 16.9. The van der Waals surface area contributed by atoms with Gasteiger partial charge in [-0.05, 0) is 31.4 Å². The summed E-state index contributed by atoms with van der Waals surface area (Å²) in [4.78, 5) is 31.4. The van der Waals surface area contributed by atoms with Crippen molar-refractivity contribution >= 4 is 29.3 Å². The number of nitrogens with zero attached hydrogens (tertiary/aromatic N) is 2. The van der Waals surface area contributed by atoms with Crippen LogP contribution in [0.4, 0.5) is 5.69 Å². The molecule has 0 saturated heterocycles. The fourth-order valence-corrected chi connectivity index (χ4v) is 4.59. The smallest absolute Gasteiger partial charge is 0.241 e. The minimum atomic E-state index is -0.373. The lowest BCUT2D eigenvalue weighted by atomic mass is 9.95. The van der Waals surface area contributed by atoms with E-state index in [-0.39, 0.29) is 29.5 Å². The van der Waals surface area contributed by atoms with E-state index < -0.39 is 0 Å². The summed E-state index contributed by atoms with van der Waals surface area (Å²) < 4.78 is 0. The number of thioether (sulfide) groups is 1. The van der Waals surface area contributed by atoms with E-state index in [1.165, 1.54) is 31.0 Å². The first-order chi connectivity index (χ1) is 11.7. The molecule has 1 aromatic heterocycles. The molecule has 1 aliphatic heterocycles. The average molecular weight is 347 g/mol. The van der Waals surface area contributed by atoms with E-state index >= 15 is 0 Å². The van der Waals surface area contributed by atoms with Gasteiger partial charge in [-0.15, -0.1) is 0 Å². The number of hydrogen-bond donors (Lipinski definition) is 1. The summed E-state index contributed by atoms with van der Waals surface area (Å²) in [5, 5.41) is 3.59. The van der Waals surface area contributed by atoms with Crippen LogP contribution in [0.5, 0.6) is 0 Å². The van der Waals surface area contributed by atoms with Crippen LogP contribution in [0.3, 0.4) is 0 Å². The molecule has 0 radical (unpaired) electrons. The van der Waals surface area contributed by atoms with Gasteiger partial charge in [0.1, 0.15) is 5.03 Å². The van der Waals surface area contributed by atoms with E-state index in [2.05, 4.69) is 17.2 Å². The molecule has 1 N–H and O–H groups in total. The predicted molar refractivity (Wildman–Crippen MR) is 96.2 cm³/mol. The Hall–Kier alpha value is -1.56. The Morgan fingerprint density at radius 1 is 1.38 bits per heavy atom. The maximum Gasteiger partial charge on any atom is 0.241 e. The molecular formula is C18H25N3O2S. The zero-order valence-electron chi connectivity index (χ0n) is 14.2. The minimum absolute atomic E-state index is 0.0106. The van der Waals surface area contributed by atoms with Gasteiger partial charge < -0.3 is 10.2 Å². The molecule has 1 fully saturated rings. The first-order valence-corrected chi connectivity index (χ1v) is 9.79. The van der Waals surface area contributed by atoms with Crippen LogP contribution < -0.4 is 10.2 Å². The van der Waals surface area contributed by atoms with Crippen molar-refractivity contribution in [2.45, 2.75) is 68.2 Å². The van der Waals surface area contributed by atoms with Gasteiger partial charge in [-0.25, -0.2) is 4.98 Å². The monoisotopic (exact) mass is 347 g/mol. The molecule has 5 nitrogen and oxygen atoms in total. The van der Waals surface area contributed by atoms with Gasteiger partial charge in [0, 0.05) is 25.2 Å². The minimum Gasteiger partial charge on any atom is -0.353 e. The molecule has 0 bridgehead atoms. The quantitative estimate of drug-likeness (QED) is 0.889. The SMILES string of the molecule is CCCN1C(=O)C(CC(=O)NC2CCCCC2)Sc2ncccc21. The van der Waals surface area contributed by atoms with E-state index in [9.17, 15) is 9.59 Å². The highest BCUT2D eigenvalue weighted by molar-refractivity contribution is 8.00. The first-order valence-electron chi connectivity index (χ1n) is 8.91. The molecule has 0 spiro atoms. The molecule has 130 valence electrons. The lowest BCUT2D eigenvalue weighted by Crippen LogP contribution is -2.45. The van der Waals surface area contributed by atoms with Gasteiger partial charge in [-0.3, -0.25) is 9.59 Å². The largest absolute Gasteiger partial charge is 0.353 e. The third-order valence-electron chi connectivity index (χ3n) is 4.63. The highest BCUT2D eigenvalue weighted by Crippen LogP contribution is 2.38. The number of pyridine rings is 1. The van der Waals surface area contributed by atoms with Crippen LogP contribution in [0.15, 0.2) is 23.4 Å². The van der Waals surface area contributed by atoms with E-state index in [1.807, 2.05) is 12.1 Å². The Kier molecular flexibility index (Phi) is 5.76. The highest BCUT2D eigenvalue weighted by atomic mass is 32.2. The maximum absolute atomic E-state index is 12.8. The molecule has 2 amide bonds. The summed E-state index contributed by atoms with van der Waals surface area (Å²) >= 11 is 1.42. The summed E-state index contributed by atoms with van der Waals surface area (Å²) in [5.74, 6) is 0.0183. The molecule has 1 saturated carbocycles. The van der Waals surface area contributed by atoms with Crippen LogP contribution in [0.25, 0.3) is 0 Å². The maximum atomic E-state index is 12.8. The van der Waals surface area contributed by atoms with E-state index in [1.54, 1.807) is 11.1 Å². The van der Waals surface area contributed by atoms with Crippen LogP contribution in [-0.2, 0) is 9.59 Å². The lowest BCUT2D eigenvalue weighted by molar-refractivity contribution is -0.125. The van der Waals surface area contributed by atoms with Crippen LogP contribution in [0.1, 0.15) is 51.9 Å². The molecule has 3 rings (SSSR count). The van der Waals surface area contributed by atoms with Crippen LogP contribution >= 0.6 is 11.8 Å². The Balaban J connectivity index is 1.67. The number of carbonyl (C=O) groups excluding carboxylic acids is 2. The number of nitrogens with one attached hydrogen (secondary N) is 1. The summed E-state index contributed by atoms with van der Waals surface area (Å²) in [5.41, 5.74) is 0.873. The van der Waals surface area contributed by atoms with Crippen molar-refractivity contribution in [3.8, 4) is 0 Å². The Morgan fingerprint density at radius 3 is 2.92 bits per heavy atom. The molecule has 1 unspecified atom stereocenters. The number of carbonyl (C=O) groups is 2. The zero-order valence-corrected chi connectivity index (χ0v) is 15.0. The Bertz CT molecular complexity index is 602. The molecule has 6 heteroatoms. The summed E-state index contributed by atoms with van der Waals surface area (Å²) in [6.07, 6.45) is 8.60. The van der Waals surface area contributed by atoms with Gasteiger partial charge in [-0.1, -0.05) is 37.9 Å². The fraction of sp³-hybridized carbons (Fsp3) is 0.611. The summed E-state index contributed by atoms with van der Waals surface area (Å²) in [6, 6.07) is 4.07. The van der Waals surface area contributed by atoms with Crippen molar-refractivity contribution < 1.29 is 9.59 Å². The Morgan fingerprint density at radius 2 is 2.17 bits per heavy atom. The third-order valence-corrected chi connectivity index (χ3v) is 5.82. The molecule has 2 heterocycles. The number of aromatic nitrogens is 1. The second-order valence-corrected chi connectivity index (χ2v) is 7.72. The van der Waals surface area contributed by atoms with Crippen LogP contribution in [0.2, 0.25) is 0 Å². The van der Waals surface area contributed by atoms with Crippen molar-refractivity contribution in [1.29, 1.82) is 0 Å². The number of hydrogen-bond acceptors (Lipinski definition) is 4. The van der Waals surface area contributed by atoms with Crippen molar-refractivity contribution in [3.05, 3.63) is 18.3 Å². The summed E-state index contributed by atoms with van der Waals surface area (Å²) in [6.45, 7) is 2.72. The molecule has 1 aliphatic carbocycles. The topological polar surface area (TPSA) is 62.3 Å². The first kappa shape index (κ1) is 17.3. The number of fused-ring (bicyclic) bond motifs is 1. The standard InChI is InChI=1S/C18H25N3O2S/c1-2-11-21-14-9-6-10-19-17(14)24-15(18(21)23)12-16(22)20-13-7-4-3-5-8-13/h6,9-10,13,15H,2-5,7-8,11-12H2,1H3,(H,20,22). The number of rotatable bonds is 5. The van der Waals surface area contributed by atoms with E-state index in [4.69, 9.17) is 0 Å². The molecule has 0 aromatic carbocycles. The molecule has 2 aliphatic rings. The van der Waals surface area contributed by atoms with Crippen molar-refractivity contribution in [3.63, 3.8) is 0 Å². The van der Waals surface area contributed by atoms with Crippen molar-refractivity contribution in [1.82, 2.24) is 10.3 Å². The molecular weight excluding hydrogens is 322 g/mol. The molecule has 24 heavy (non-hydrogen) atoms. The third kappa shape index (κ3) is 3.91. The lowest BCUT2D eigenvalue weighted by Gasteiger charge is -2.33.